The van der Waals surface area contributed by atoms with Crippen LogP contribution in [0.25, 0.3) is 0 Å². The number of quaternary nitrogens is 1. The molecule has 14 atom stereocenters. The molecule has 36 nitrogen and oxygen atoms in total. The lowest BCUT2D eigenvalue weighted by Crippen LogP contribution is -2.55. The SMILES string of the molecule is CC[C@H](C)[C@@H]([C@@H](CC(=O)N1CCC[C@H]1[C@H](OC)[C@@H](C)C(=O)N[C@H](C)[C@@H](O)c1ccccc1)OC)N(C)C(=O)[C@@H](CC(=O)[C@H](C(C)C)N(C)C(=O)[C@H](C)CC(=O)[C@@H](NC(=O)[C@@H](CCCCNC(=O)COC1CCCCCc2c1nnn2CCOCCOCCOCCOCCC(=O)NCC[N+](C)(C)C)CC(=O)CCOCCOCCOCCOCCCC(=O)CCC(=O)N1Cc2ccccc2C#Cc2ccccc21)C(C)C)C(C)C. The second-order valence-corrected chi connectivity index (χ2v) is 41.8. The summed E-state index contributed by atoms with van der Waals surface area (Å²) >= 11 is 0. The average Bonchev–Trinajstić information content (AvgIpc) is 1.52. The van der Waals surface area contributed by atoms with E-state index in [1.54, 1.807) is 68.5 Å². The number of aliphatic hydroxyl groups is 1. The number of anilines is 1. The second kappa shape index (κ2) is 68.3. The summed E-state index contributed by atoms with van der Waals surface area (Å²) in [4.78, 5) is 176. The highest BCUT2D eigenvalue weighted by molar-refractivity contribution is 5.98. The molecular weight excluding hydrogens is 1910 g/mol. The van der Waals surface area contributed by atoms with Crippen molar-refractivity contribution in [3.8, 4) is 11.8 Å². The highest BCUT2D eigenvalue weighted by atomic mass is 16.6. The number of hydrogen-bond donors (Lipinski definition) is 5. The van der Waals surface area contributed by atoms with Crippen molar-refractivity contribution in [1.29, 1.82) is 0 Å². The standard InChI is InChI=1S/C113H176N12O24/c1-19-81(8)107(99(139-17)75-103(133)122-53-32-43-95(122)109(140-18)83(10)110(135)116-84(11)108(134)87-36-22-20-23-37-87)121(13)113(138)92(78(2)3)74-97(129)106(80(6)7)120(12)112(137)82(9)72-96(128)104(79(4)5)117-111(136)88(73-91(127)49-57-142-61-65-146-69-68-145-64-60-141-56-33-40-90(126)47-48-102(132)123-76-89-39-27-26-34-85(89)45-46-86-35-28-29-41-93(86)123)38-30-31-51-114-101(131)77-149-98-44-25-21-24-42-94-105(98)118-119-124(94)54-59-144-63-67-148-71-70-147-66-62-143-58-50-100(130)115-52-55-125(14,15)16/h20,22-23,26-29,34-37,39,41,78-84,88,92,95,98-99,104,106-109,134H,19,21,24-25,30-33,38,40,42-44,47-77H2,1-18H3,(H3-,114,115,116,117,130,131,135,136)/p+1/t81-,82+,83+,84+,88-,92-,95-,98?,99+,104-,106-,107-,108+,109+/m0/s1. The zero-order chi connectivity index (χ0) is 109. The number of nitrogens with zero attached hydrogens (tertiary/aromatic N) is 8. The second-order valence-electron chi connectivity index (χ2n) is 41.8. The van der Waals surface area contributed by atoms with Crippen molar-refractivity contribution < 1.29 is 119 Å². The number of nitrogens with one attached hydrogen (secondary N) is 4. The van der Waals surface area contributed by atoms with Gasteiger partial charge in [-0.1, -0.05) is 173 Å². The normalized spacial score (nSPS) is 16.6. The number of ketones is 4. The largest absolute Gasteiger partial charge is 0.386 e. The number of unbranched alkanes of at least 4 members (excludes halogenated alkanes) is 1. The lowest BCUT2D eigenvalue weighted by atomic mass is 9.83. The Balaban J connectivity index is 0.883. The molecule has 1 aliphatic carbocycles. The molecule has 0 radical (unpaired) electrons. The predicted octanol–water partition coefficient (Wildman–Crippen LogP) is 10.7. The molecule has 2 aliphatic heterocycles. The van der Waals surface area contributed by atoms with Gasteiger partial charge >= 0.3 is 0 Å². The first-order chi connectivity index (χ1) is 71.4. The van der Waals surface area contributed by atoms with Gasteiger partial charge in [-0.15, -0.1) is 5.10 Å². The Morgan fingerprint density at radius 1 is 0.544 bits per heavy atom. The first-order valence-corrected chi connectivity index (χ1v) is 54.2. The van der Waals surface area contributed by atoms with Gasteiger partial charge in [0.25, 0.3) is 0 Å². The number of amides is 8. The van der Waals surface area contributed by atoms with Crippen molar-refractivity contribution in [2.45, 2.75) is 279 Å². The van der Waals surface area contributed by atoms with Gasteiger partial charge in [0, 0.05) is 128 Å². The minimum Gasteiger partial charge on any atom is -0.386 e. The van der Waals surface area contributed by atoms with E-state index in [0.717, 1.165) is 64.8 Å². The smallest absolute Gasteiger partial charge is 0.246 e. The van der Waals surface area contributed by atoms with E-state index in [1.807, 2.05) is 113 Å². The maximum Gasteiger partial charge on any atom is 0.246 e. The molecule has 832 valence electrons. The molecule has 3 aliphatic rings. The van der Waals surface area contributed by atoms with Crippen molar-refractivity contribution in [1.82, 2.24) is 51.0 Å². The molecule has 1 unspecified atom stereocenters. The number of aliphatic hydroxyl groups excluding tert-OH is 1. The lowest BCUT2D eigenvalue weighted by molar-refractivity contribution is -0.869. The fraction of sp³-hybridized carbons (Fsp3) is 0.699. The van der Waals surface area contributed by atoms with Gasteiger partial charge in [-0.3, -0.25) is 57.5 Å². The van der Waals surface area contributed by atoms with Gasteiger partial charge in [0.05, 0.1) is 219 Å². The van der Waals surface area contributed by atoms with Crippen molar-refractivity contribution in [3.63, 3.8) is 0 Å². The monoisotopic (exact) mass is 2090 g/mol. The number of carbonyl (C=O) groups is 12. The van der Waals surface area contributed by atoms with Crippen LogP contribution in [0.1, 0.15) is 250 Å². The zero-order valence-electron chi connectivity index (χ0n) is 92.3. The number of methoxy groups -OCH3 is 2. The number of benzene rings is 3. The summed E-state index contributed by atoms with van der Waals surface area (Å²) in [6.07, 6.45) is 4.69. The van der Waals surface area contributed by atoms with Gasteiger partial charge in [0.1, 0.15) is 30.0 Å². The third-order valence-corrected chi connectivity index (χ3v) is 28.2. The van der Waals surface area contributed by atoms with Gasteiger partial charge in [-0.05, 0) is 111 Å². The number of likely N-dealkylation sites (N-methyl/N-ethyl adjacent to an activating group) is 3. The number of ether oxygens (including phenoxy) is 11. The van der Waals surface area contributed by atoms with Crippen LogP contribution in [0.5, 0.6) is 0 Å². The summed E-state index contributed by atoms with van der Waals surface area (Å²) in [7, 11) is 12.5. The van der Waals surface area contributed by atoms with Gasteiger partial charge in [-0.2, -0.15) is 0 Å². The number of carbonyl (C=O) groups excluding carboxylic acids is 12. The Hall–Kier alpha value is -9.72. The first-order valence-electron chi connectivity index (χ1n) is 54.2. The minimum atomic E-state index is -1.08. The Morgan fingerprint density at radius 2 is 1.15 bits per heavy atom. The van der Waals surface area contributed by atoms with Crippen molar-refractivity contribution in [2.75, 3.05) is 193 Å². The number of Topliss-reactive ketones (excluding diaryl/α,β-unsaturated/α-hetero) is 4. The van der Waals surface area contributed by atoms with Crippen LogP contribution >= 0.6 is 0 Å². The number of likely N-dealkylation sites (tertiary alicyclic amines) is 1. The van der Waals surface area contributed by atoms with E-state index in [4.69, 9.17) is 52.1 Å². The van der Waals surface area contributed by atoms with Crippen LogP contribution in [0.15, 0.2) is 78.9 Å². The molecule has 5 N–H and O–H groups in total. The Morgan fingerprint density at radius 3 is 1.77 bits per heavy atom. The van der Waals surface area contributed by atoms with Crippen molar-refractivity contribution in [3.05, 3.63) is 113 Å². The Kier molecular flexibility index (Phi) is 57.9. The number of aromatic nitrogens is 3. The summed E-state index contributed by atoms with van der Waals surface area (Å²) in [5.41, 5.74) is 5.59. The minimum absolute atomic E-state index is 0.0180. The first kappa shape index (κ1) is 126. The summed E-state index contributed by atoms with van der Waals surface area (Å²) < 4.78 is 66.8. The molecule has 1 aromatic heterocycles. The summed E-state index contributed by atoms with van der Waals surface area (Å²) in [5.74, 6) is -1.91. The van der Waals surface area contributed by atoms with Crippen LogP contribution < -0.4 is 26.2 Å². The predicted molar refractivity (Wildman–Crippen MR) is 566 cm³/mol. The lowest BCUT2D eigenvalue weighted by Gasteiger charge is -2.41. The third kappa shape index (κ3) is 43.8. The number of hydrogen-bond acceptors (Lipinski definition) is 26. The Bertz CT molecular complexity index is 4810. The molecule has 3 aromatic carbocycles. The summed E-state index contributed by atoms with van der Waals surface area (Å²) in [6.45, 7) is 27.7. The Labute approximate surface area is 885 Å². The number of para-hydroxylation sites is 1. The molecule has 7 rings (SSSR count). The van der Waals surface area contributed by atoms with E-state index in [2.05, 4.69) is 64.6 Å². The van der Waals surface area contributed by atoms with E-state index in [9.17, 15) is 53.1 Å². The molecule has 36 heteroatoms. The highest BCUT2D eigenvalue weighted by Gasteiger charge is 2.45. The molecule has 1 saturated heterocycles. The fourth-order valence-corrected chi connectivity index (χ4v) is 19.3. The van der Waals surface area contributed by atoms with Crippen molar-refractivity contribution in [2.24, 2.45) is 47.3 Å². The molecule has 0 saturated carbocycles. The molecule has 1 fully saturated rings. The van der Waals surface area contributed by atoms with Gasteiger partial charge in [0.15, 0.2) is 11.6 Å². The van der Waals surface area contributed by atoms with E-state index >= 15 is 9.59 Å². The summed E-state index contributed by atoms with van der Waals surface area (Å²) in [5, 5.41) is 31.9. The molecule has 8 amide bonds. The molecule has 4 aromatic rings. The van der Waals surface area contributed by atoms with Gasteiger partial charge in [-0.25, -0.2) is 4.68 Å². The van der Waals surface area contributed by atoms with Crippen LogP contribution in [0, 0.1) is 59.2 Å². The average molecular weight is 2090 g/mol. The molecule has 149 heavy (non-hydrogen) atoms. The van der Waals surface area contributed by atoms with Gasteiger partial charge in [0.2, 0.25) is 47.3 Å². The quantitative estimate of drug-likeness (QED) is 0.0156. The van der Waals surface area contributed by atoms with Crippen LogP contribution in [0.2, 0.25) is 0 Å². The highest BCUT2D eigenvalue weighted by Crippen LogP contribution is 2.35. The van der Waals surface area contributed by atoms with Gasteiger partial charge < -0.3 is 103 Å². The molecule has 0 bridgehead atoms. The maximum atomic E-state index is 15.2. The van der Waals surface area contributed by atoms with Crippen LogP contribution in [-0.4, -0.2) is 340 Å². The molecule has 3 heterocycles. The molecular formula is C113H177N12O24+. The fourth-order valence-electron chi connectivity index (χ4n) is 19.3. The van der Waals surface area contributed by atoms with E-state index < -0.39 is 108 Å². The third-order valence-electron chi connectivity index (χ3n) is 28.2. The zero-order valence-corrected chi connectivity index (χ0v) is 92.3. The van der Waals surface area contributed by atoms with E-state index in [0.29, 0.717) is 161 Å². The van der Waals surface area contributed by atoms with Crippen molar-refractivity contribution >= 4 is 76.1 Å². The van der Waals surface area contributed by atoms with Crippen LogP contribution in [0.3, 0.4) is 0 Å². The summed E-state index contributed by atoms with van der Waals surface area (Å²) in [6, 6.07) is 20.6. The number of rotatable bonds is 75. The van der Waals surface area contributed by atoms with Crippen LogP contribution in [0.4, 0.5) is 5.69 Å². The van der Waals surface area contributed by atoms with E-state index in [-0.39, 0.29) is 169 Å². The van der Waals surface area contributed by atoms with Crippen LogP contribution in [-0.2, 0) is 129 Å². The topological polar surface area (TPSA) is 418 Å². The number of fused-ring (bicyclic) bond motifs is 3. The van der Waals surface area contributed by atoms with E-state index in [1.165, 1.54) is 26.2 Å². The maximum absolute atomic E-state index is 15.2. The molecule has 0 spiro atoms.